The summed E-state index contributed by atoms with van der Waals surface area (Å²) in [6.07, 6.45) is -1.28. The van der Waals surface area contributed by atoms with E-state index in [-0.39, 0.29) is 55.6 Å². The lowest BCUT2D eigenvalue weighted by Gasteiger charge is -2.44. The second kappa shape index (κ2) is 32.0. The van der Waals surface area contributed by atoms with E-state index in [0.29, 0.717) is 113 Å². The summed E-state index contributed by atoms with van der Waals surface area (Å²) in [4.78, 5) is 88.2. The average Bonchev–Trinajstić information content (AvgIpc) is 1.58. The van der Waals surface area contributed by atoms with E-state index < -0.39 is 64.6 Å². The highest BCUT2D eigenvalue weighted by Crippen LogP contribution is 2.48. The van der Waals surface area contributed by atoms with Crippen molar-refractivity contribution in [1.29, 1.82) is 0 Å². The van der Waals surface area contributed by atoms with Crippen LogP contribution in [0.25, 0.3) is 11.1 Å². The molecule has 4 aliphatic rings. The molecule has 5 aromatic carbocycles. The number of amides is 5. The summed E-state index contributed by atoms with van der Waals surface area (Å²) in [6.45, 7) is 5.09. The molecule has 98 heavy (non-hydrogen) atoms. The molecule has 0 unspecified atom stereocenters. The molecule has 3 aliphatic heterocycles. The number of hydrogen-bond acceptors (Lipinski definition) is 13. The molecule has 1 spiro atoms. The number of piperidine rings is 2. The Morgan fingerprint density at radius 2 is 1.30 bits per heavy atom. The van der Waals surface area contributed by atoms with Crippen LogP contribution in [0.5, 0.6) is 0 Å². The molecular weight excluding hydrogens is 1280 g/mol. The van der Waals surface area contributed by atoms with Crippen LogP contribution < -0.4 is 10.2 Å². The fourth-order valence-electron chi connectivity index (χ4n) is 13.7. The summed E-state index contributed by atoms with van der Waals surface area (Å²) in [5, 5.41) is 2.93. The van der Waals surface area contributed by atoms with E-state index in [2.05, 4.69) is 37.2 Å². The summed E-state index contributed by atoms with van der Waals surface area (Å²) in [7, 11) is 7.11. The molecule has 0 saturated carbocycles. The second-order valence-corrected chi connectivity index (χ2v) is 26.2. The highest BCUT2D eigenvalue weighted by molar-refractivity contribution is 5.95. The Bertz CT molecular complexity index is 3670. The lowest BCUT2D eigenvalue weighted by molar-refractivity contribution is -0.143. The van der Waals surface area contributed by atoms with Crippen molar-refractivity contribution < 1.29 is 68.9 Å². The van der Waals surface area contributed by atoms with Crippen molar-refractivity contribution in [3.8, 4) is 11.1 Å². The van der Waals surface area contributed by atoms with E-state index in [9.17, 15) is 54.7 Å². The van der Waals surface area contributed by atoms with Crippen molar-refractivity contribution in [3.05, 3.63) is 178 Å². The smallest absolute Gasteiger partial charge is 0.416 e. The minimum Gasteiger partial charge on any atom is -0.446 e. The van der Waals surface area contributed by atoms with Gasteiger partial charge in [-0.1, -0.05) is 91.3 Å². The molecule has 1 N–H and O–H groups in total. The molecule has 3 saturated heterocycles. The summed E-state index contributed by atoms with van der Waals surface area (Å²) in [5.74, 6) is -1.51. The first-order chi connectivity index (χ1) is 46.9. The number of unbranched alkanes of at least 4 members (excludes halogenated alkanes) is 2. The number of anilines is 2. The maximum absolute atomic E-state index is 14.2. The third kappa shape index (κ3) is 18.0. The molecule has 0 bridgehead atoms. The first-order valence-electron chi connectivity index (χ1n) is 33.4. The number of alkyl halides is 6. The summed E-state index contributed by atoms with van der Waals surface area (Å²) < 4.78 is 116. The van der Waals surface area contributed by atoms with E-state index in [1.165, 1.54) is 36.7 Å². The van der Waals surface area contributed by atoms with E-state index in [4.69, 9.17) is 14.2 Å². The molecule has 1 aromatic heterocycles. The summed E-state index contributed by atoms with van der Waals surface area (Å²) >= 11 is 0. The number of carbonyl (C=O) groups is 5. The monoisotopic (exact) mass is 1360 g/mol. The molecule has 10 rings (SSSR count). The number of aromatic nitrogens is 2. The van der Waals surface area contributed by atoms with Crippen LogP contribution in [-0.2, 0) is 53.6 Å². The van der Waals surface area contributed by atoms with Gasteiger partial charge in [0.15, 0.2) is 0 Å². The number of para-hydroxylation sites is 1. The lowest BCUT2D eigenvalue weighted by atomic mass is 9.72. The predicted octanol–water partition coefficient (Wildman–Crippen LogP) is 11.8. The van der Waals surface area contributed by atoms with Crippen molar-refractivity contribution in [3.63, 3.8) is 0 Å². The standard InChI is InChI=1S/C73H85F7N10O8/c1-84(33-15-34-86(3)66(93)54-46-81-68(82-47-54)87(4)32-14-6-9-22-64(91)85(2)40-41-88-35-27-59(28-36-88)98-69(95)83-62-21-13-11-19-60(62)51-16-7-5-8-17-51)65(92)48-96-63-44-52-18-10-12-20-61(52)70(63)29-37-89(38-30-70)39-31-71(55-23-25-58(74)26-24-55)49-90(50-97-71)67(94)53-42-56(72(75,76)77)45-57(43-53)73(78,79)80/h5,7-8,10-13,16-21,23-26,42-43,45-47,59,63H,6,9,14-15,22,27-41,44,48-50H2,1-4H3,(H,83,95)/t63-,71-/m0/s1. The minimum atomic E-state index is -5.15. The van der Waals surface area contributed by atoms with Gasteiger partial charge in [-0.2, -0.15) is 26.3 Å². The Kier molecular flexibility index (Phi) is 23.6. The van der Waals surface area contributed by atoms with Crippen LogP contribution >= 0.6 is 0 Å². The number of nitrogens with one attached hydrogen (secondary N) is 1. The van der Waals surface area contributed by atoms with Gasteiger partial charge in [0.05, 0.1) is 35.0 Å². The Balaban J connectivity index is 0.610. The van der Waals surface area contributed by atoms with Crippen LogP contribution in [0, 0.1) is 5.82 Å². The largest absolute Gasteiger partial charge is 0.446 e. The van der Waals surface area contributed by atoms with Crippen LogP contribution in [0.3, 0.4) is 0 Å². The fraction of sp³-hybridized carbons (Fsp3) is 0.466. The first-order valence-corrected chi connectivity index (χ1v) is 33.4. The summed E-state index contributed by atoms with van der Waals surface area (Å²) in [5.41, 5.74) is 0.0279. The summed E-state index contributed by atoms with van der Waals surface area (Å²) in [6, 6.07) is 31.9. The van der Waals surface area contributed by atoms with Crippen LogP contribution in [0.1, 0.15) is 113 Å². The number of fused-ring (bicyclic) bond motifs is 2. The molecule has 4 heterocycles. The van der Waals surface area contributed by atoms with Crippen LogP contribution in [-0.4, -0.2) is 195 Å². The third-order valence-electron chi connectivity index (χ3n) is 19.6. The molecular formula is C73H85F7N10O8. The third-order valence-corrected chi connectivity index (χ3v) is 19.6. The van der Waals surface area contributed by atoms with Crippen molar-refractivity contribution in [2.24, 2.45) is 0 Å². The Morgan fingerprint density at radius 3 is 1.99 bits per heavy atom. The number of halogens is 7. The molecule has 2 atom stereocenters. The maximum atomic E-state index is 14.2. The SMILES string of the molecule is CN(CCN1CCC(OC(=O)Nc2ccccc2-c2ccccc2)CC1)C(=O)CCCCCN(C)c1ncc(C(=O)N(C)CCCN(C)C(=O)CO[C@H]2Cc3ccccc3C23CCN(CC[C@@]2(c4ccc(F)cc4)CN(C(=O)c4cc(C(F)(F)F)cc(C(F)(F)F)c4)CO2)CC3)cn1. The number of benzene rings is 5. The zero-order valence-corrected chi connectivity index (χ0v) is 55.8. The predicted molar refractivity (Wildman–Crippen MR) is 355 cm³/mol. The lowest BCUT2D eigenvalue weighted by Crippen LogP contribution is -2.50. The van der Waals surface area contributed by atoms with Crippen LogP contribution in [0.2, 0.25) is 0 Å². The Hall–Kier alpha value is -8.52. The Morgan fingerprint density at radius 1 is 0.663 bits per heavy atom. The van der Waals surface area contributed by atoms with E-state index in [1.807, 2.05) is 85.7 Å². The maximum Gasteiger partial charge on any atom is 0.416 e. The van der Waals surface area contributed by atoms with Gasteiger partial charge in [0, 0.05) is 116 Å². The van der Waals surface area contributed by atoms with Crippen molar-refractivity contribution in [2.45, 2.75) is 106 Å². The quantitative estimate of drug-likeness (QED) is 0.0402. The van der Waals surface area contributed by atoms with Gasteiger partial charge in [-0.15, -0.1) is 0 Å². The topological polar surface area (TPSA) is 174 Å². The normalized spacial score (nSPS) is 18.1. The molecule has 18 nitrogen and oxygen atoms in total. The Labute approximate surface area is 567 Å². The molecule has 1 aliphatic carbocycles. The van der Waals surface area contributed by atoms with Gasteiger partial charge in [-0.25, -0.2) is 19.2 Å². The van der Waals surface area contributed by atoms with Gasteiger partial charge in [-0.05, 0) is 130 Å². The molecule has 0 radical (unpaired) electrons. The zero-order chi connectivity index (χ0) is 69.8. The number of nitrogens with zero attached hydrogens (tertiary/aromatic N) is 9. The first kappa shape index (κ1) is 72.2. The van der Waals surface area contributed by atoms with E-state index >= 15 is 0 Å². The number of likely N-dealkylation sites (tertiary alicyclic amines) is 2. The van der Waals surface area contributed by atoms with Crippen LogP contribution in [0.15, 0.2) is 134 Å². The fourth-order valence-corrected chi connectivity index (χ4v) is 13.7. The molecule has 5 amide bonds. The van der Waals surface area contributed by atoms with Gasteiger partial charge in [0.2, 0.25) is 17.8 Å². The number of ether oxygens (including phenoxy) is 3. The minimum absolute atomic E-state index is 0.0307. The molecule has 25 heteroatoms. The van der Waals surface area contributed by atoms with E-state index in [0.717, 1.165) is 78.9 Å². The van der Waals surface area contributed by atoms with Gasteiger partial charge in [0.1, 0.15) is 30.9 Å². The highest BCUT2D eigenvalue weighted by Gasteiger charge is 2.50. The van der Waals surface area contributed by atoms with Gasteiger partial charge >= 0.3 is 18.4 Å². The molecule has 3 fully saturated rings. The number of likely N-dealkylation sites (N-methyl/N-ethyl adjacent to an activating group) is 2. The second-order valence-electron chi connectivity index (χ2n) is 26.2. The average molecular weight is 1360 g/mol. The van der Waals surface area contributed by atoms with E-state index in [1.54, 1.807) is 28.8 Å². The van der Waals surface area contributed by atoms with Gasteiger partial charge in [-0.3, -0.25) is 24.5 Å². The van der Waals surface area contributed by atoms with Crippen molar-refractivity contribution in [2.75, 3.05) is 124 Å². The van der Waals surface area contributed by atoms with Gasteiger partial charge < -0.3 is 48.5 Å². The number of hydrogen-bond donors (Lipinski definition) is 1. The number of carbonyl (C=O) groups excluding carboxylic acids is 5. The van der Waals surface area contributed by atoms with Crippen molar-refractivity contribution in [1.82, 2.24) is 39.4 Å². The molecule has 524 valence electrons. The highest BCUT2D eigenvalue weighted by atomic mass is 19.4. The van der Waals surface area contributed by atoms with Gasteiger partial charge in [0.25, 0.3) is 11.8 Å². The zero-order valence-electron chi connectivity index (χ0n) is 55.8. The van der Waals surface area contributed by atoms with Crippen molar-refractivity contribution >= 4 is 41.4 Å². The number of rotatable bonds is 26. The van der Waals surface area contributed by atoms with Crippen LogP contribution in [0.4, 0.5) is 47.2 Å². The molecule has 6 aromatic rings.